The fourth-order valence-electron chi connectivity index (χ4n) is 1.35. The number of rotatable bonds is 4. The second-order valence-corrected chi connectivity index (χ2v) is 3.91. The molecule has 5 heteroatoms. The quantitative estimate of drug-likeness (QED) is 0.703. The lowest BCUT2D eigenvalue weighted by Gasteiger charge is -2.19. The second kappa shape index (κ2) is 4.40. The lowest BCUT2D eigenvalue weighted by molar-refractivity contribution is -0.142. The van der Waals surface area contributed by atoms with Gasteiger partial charge in [-0.1, -0.05) is 6.07 Å². The molecule has 5 nitrogen and oxygen atoms in total. The van der Waals surface area contributed by atoms with Crippen molar-refractivity contribution >= 4 is 5.97 Å². The van der Waals surface area contributed by atoms with E-state index < -0.39 is 11.5 Å². The maximum absolute atomic E-state index is 10.8. The lowest BCUT2D eigenvalue weighted by atomic mass is 9.94. The Hall–Kier alpha value is -1.75. The molecule has 0 aliphatic heterocycles. The van der Waals surface area contributed by atoms with Crippen LogP contribution in [0.4, 0.5) is 0 Å². The van der Waals surface area contributed by atoms with Crippen LogP contribution in [0.2, 0.25) is 0 Å². The Morgan fingerprint density at radius 3 is 2.62 bits per heavy atom. The molecule has 0 saturated carbocycles. The Kier molecular flexibility index (Phi) is 3.39. The summed E-state index contributed by atoms with van der Waals surface area (Å²) in [4.78, 5) is 10.8. The van der Waals surface area contributed by atoms with Crippen LogP contribution in [0.5, 0.6) is 11.5 Å². The molecule has 0 aromatic heterocycles. The summed E-state index contributed by atoms with van der Waals surface area (Å²) in [6.45, 7) is 1.43. The van der Waals surface area contributed by atoms with Gasteiger partial charge in [0.1, 0.15) is 5.54 Å². The van der Waals surface area contributed by atoms with Gasteiger partial charge in [-0.25, -0.2) is 0 Å². The molecule has 0 aliphatic carbocycles. The van der Waals surface area contributed by atoms with Crippen LogP contribution in [0.25, 0.3) is 0 Å². The number of phenolic OH excluding ortho intramolecular Hbond substituents is 1. The minimum atomic E-state index is -1.35. The number of hydrogen-bond donors (Lipinski definition) is 3. The highest BCUT2D eigenvalue weighted by molar-refractivity contribution is 5.78. The third-order valence-corrected chi connectivity index (χ3v) is 2.30. The normalized spacial score (nSPS) is 14.2. The Morgan fingerprint density at radius 1 is 1.56 bits per heavy atom. The first kappa shape index (κ1) is 12.3. The summed E-state index contributed by atoms with van der Waals surface area (Å²) in [5.74, 6) is -0.762. The van der Waals surface area contributed by atoms with Gasteiger partial charge in [-0.3, -0.25) is 4.79 Å². The van der Waals surface area contributed by atoms with Crippen molar-refractivity contribution in [1.82, 2.24) is 0 Å². The van der Waals surface area contributed by atoms with E-state index in [4.69, 9.17) is 15.6 Å². The lowest BCUT2D eigenvalue weighted by Crippen LogP contribution is -2.46. The predicted octanol–water partition coefficient (Wildman–Crippen LogP) is 0.745. The molecule has 1 atom stereocenters. The number of methoxy groups -OCH3 is 1. The van der Waals surface area contributed by atoms with Crippen LogP contribution < -0.4 is 10.5 Å². The largest absolute Gasteiger partial charge is 0.504 e. The van der Waals surface area contributed by atoms with Crippen molar-refractivity contribution in [2.45, 2.75) is 18.9 Å². The van der Waals surface area contributed by atoms with E-state index in [1.165, 1.54) is 20.1 Å². The molecule has 88 valence electrons. The average molecular weight is 225 g/mol. The summed E-state index contributed by atoms with van der Waals surface area (Å²) < 4.78 is 4.88. The first-order valence-electron chi connectivity index (χ1n) is 4.75. The monoisotopic (exact) mass is 225 g/mol. The summed E-state index contributed by atoms with van der Waals surface area (Å²) in [6, 6.07) is 4.70. The molecule has 0 heterocycles. The van der Waals surface area contributed by atoms with E-state index >= 15 is 0 Å². The van der Waals surface area contributed by atoms with Crippen LogP contribution in [0, 0.1) is 0 Å². The van der Waals surface area contributed by atoms with Crippen molar-refractivity contribution in [3.05, 3.63) is 23.8 Å². The second-order valence-electron chi connectivity index (χ2n) is 3.91. The van der Waals surface area contributed by atoms with Gasteiger partial charge in [0, 0.05) is 6.42 Å². The molecule has 4 N–H and O–H groups in total. The first-order chi connectivity index (χ1) is 7.36. The highest BCUT2D eigenvalue weighted by Crippen LogP contribution is 2.27. The number of aromatic hydroxyl groups is 1. The average Bonchev–Trinajstić information content (AvgIpc) is 2.17. The van der Waals surface area contributed by atoms with Crippen LogP contribution >= 0.6 is 0 Å². The van der Waals surface area contributed by atoms with Crippen molar-refractivity contribution in [3.63, 3.8) is 0 Å². The number of ether oxygens (including phenoxy) is 1. The van der Waals surface area contributed by atoms with E-state index in [-0.39, 0.29) is 12.2 Å². The zero-order valence-electron chi connectivity index (χ0n) is 9.23. The molecule has 0 saturated heterocycles. The number of aliphatic carboxylic acids is 1. The van der Waals surface area contributed by atoms with E-state index in [9.17, 15) is 9.90 Å². The molecule has 0 fully saturated rings. The molecular weight excluding hydrogens is 210 g/mol. The van der Waals surface area contributed by atoms with Gasteiger partial charge in [0.15, 0.2) is 11.5 Å². The molecule has 1 aromatic carbocycles. The SMILES string of the molecule is COc1ccc(C[C@](C)(N)C(=O)O)cc1O. The van der Waals surface area contributed by atoms with E-state index in [2.05, 4.69) is 0 Å². The zero-order chi connectivity index (χ0) is 12.3. The molecule has 0 aliphatic rings. The molecule has 0 spiro atoms. The minimum Gasteiger partial charge on any atom is -0.504 e. The number of carbonyl (C=O) groups is 1. The molecule has 16 heavy (non-hydrogen) atoms. The summed E-state index contributed by atoms with van der Waals surface area (Å²) in [6.07, 6.45) is 0.139. The van der Waals surface area contributed by atoms with Crippen molar-refractivity contribution in [2.75, 3.05) is 7.11 Å². The fourth-order valence-corrected chi connectivity index (χ4v) is 1.35. The van der Waals surface area contributed by atoms with Crippen molar-refractivity contribution in [3.8, 4) is 11.5 Å². The number of benzene rings is 1. The Morgan fingerprint density at radius 2 is 2.19 bits per heavy atom. The first-order valence-corrected chi connectivity index (χ1v) is 4.75. The van der Waals surface area contributed by atoms with Gasteiger partial charge in [-0.15, -0.1) is 0 Å². The summed E-state index contributed by atoms with van der Waals surface area (Å²) in [7, 11) is 1.44. The van der Waals surface area contributed by atoms with Crippen LogP contribution in [-0.4, -0.2) is 28.8 Å². The third kappa shape index (κ3) is 2.64. The van der Waals surface area contributed by atoms with Gasteiger partial charge in [0.25, 0.3) is 0 Å². The van der Waals surface area contributed by atoms with Crippen molar-refractivity contribution < 1.29 is 19.7 Å². The molecule has 1 rings (SSSR count). The van der Waals surface area contributed by atoms with Gasteiger partial charge in [0.2, 0.25) is 0 Å². The Balaban J connectivity index is 2.91. The summed E-state index contributed by atoms with van der Waals surface area (Å²) >= 11 is 0. The third-order valence-electron chi connectivity index (χ3n) is 2.30. The summed E-state index contributed by atoms with van der Waals surface area (Å²) in [5.41, 5.74) is 4.90. The maximum atomic E-state index is 10.8. The molecule has 0 bridgehead atoms. The Labute approximate surface area is 93.5 Å². The van der Waals surface area contributed by atoms with E-state index in [0.717, 1.165) is 0 Å². The number of nitrogens with two attached hydrogens (primary N) is 1. The minimum absolute atomic E-state index is 0.0267. The molecular formula is C11H15NO4. The fraction of sp³-hybridized carbons (Fsp3) is 0.364. The van der Waals surface area contributed by atoms with E-state index in [0.29, 0.717) is 11.3 Å². The van der Waals surface area contributed by atoms with Crippen LogP contribution in [0.1, 0.15) is 12.5 Å². The smallest absolute Gasteiger partial charge is 0.323 e. The van der Waals surface area contributed by atoms with Crippen molar-refractivity contribution in [1.29, 1.82) is 0 Å². The van der Waals surface area contributed by atoms with Gasteiger partial charge in [-0.05, 0) is 24.6 Å². The summed E-state index contributed by atoms with van der Waals surface area (Å²) in [5, 5.41) is 18.4. The van der Waals surface area contributed by atoms with Crippen LogP contribution in [0.3, 0.4) is 0 Å². The van der Waals surface area contributed by atoms with Gasteiger partial charge in [0.05, 0.1) is 7.11 Å². The highest BCUT2D eigenvalue weighted by Gasteiger charge is 2.28. The zero-order valence-corrected chi connectivity index (χ0v) is 9.23. The molecule has 1 aromatic rings. The topological polar surface area (TPSA) is 92.8 Å². The van der Waals surface area contributed by atoms with Crippen molar-refractivity contribution in [2.24, 2.45) is 5.73 Å². The highest BCUT2D eigenvalue weighted by atomic mass is 16.5. The van der Waals surface area contributed by atoms with Gasteiger partial charge >= 0.3 is 5.97 Å². The number of carboxylic acids is 1. The number of carboxylic acid groups (broad SMARTS) is 1. The Bertz CT molecular complexity index is 401. The van der Waals surface area contributed by atoms with E-state index in [1.807, 2.05) is 0 Å². The number of hydrogen-bond acceptors (Lipinski definition) is 4. The molecule has 0 radical (unpaired) electrons. The van der Waals surface area contributed by atoms with Crippen LogP contribution in [0.15, 0.2) is 18.2 Å². The van der Waals surface area contributed by atoms with Crippen LogP contribution in [-0.2, 0) is 11.2 Å². The van der Waals surface area contributed by atoms with Gasteiger partial charge in [-0.2, -0.15) is 0 Å². The molecule has 0 unspecified atom stereocenters. The number of phenols is 1. The molecule has 0 amide bonds. The predicted molar refractivity (Wildman–Crippen MR) is 58.6 cm³/mol. The standard InChI is InChI=1S/C11H15NO4/c1-11(12,10(14)15)6-7-3-4-9(16-2)8(13)5-7/h3-5,13H,6,12H2,1-2H3,(H,14,15)/t11-/m0/s1. The van der Waals surface area contributed by atoms with E-state index in [1.54, 1.807) is 12.1 Å². The van der Waals surface area contributed by atoms with Gasteiger partial charge < -0.3 is 20.7 Å². The maximum Gasteiger partial charge on any atom is 0.323 e.